The Balaban J connectivity index is 2.04. The number of anilines is 1. The van der Waals surface area contributed by atoms with Crippen LogP contribution in [-0.4, -0.2) is 11.8 Å². The third-order valence-corrected chi connectivity index (χ3v) is 4.45. The van der Waals surface area contributed by atoms with Crippen LogP contribution in [0.3, 0.4) is 0 Å². The van der Waals surface area contributed by atoms with Crippen molar-refractivity contribution in [2.45, 2.75) is 33.2 Å². The highest BCUT2D eigenvalue weighted by Crippen LogP contribution is 2.20. The Morgan fingerprint density at radius 3 is 2.12 bits per heavy atom. The van der Waals surface area contributed by atoms with Crippen LogP contribution in [0, 0.1) is 5.92 Å². The molecule has 4 nitrogen and oxygen atoms in total. The van der Waals surface area contributed by atoms with Crippen LogP contribution in [0.25, 0.3) is 0 Å². The van der Waals surface area contributed by atoms with Crippen LogP contribution in [0.15, 0.2) is 53.0 Å². The summed E-state index contributed by atoms with van der Waals surface area (Å²) < 4.78 is 1.01. The molecule has 2 aromatic carbocycles. The van der Waals surface area contributed by atoms with Crippen molar-refractivity contribution in [3.8, 4) is 0 Å². The second-order valence-electron chi connectivity index (χ2n) is 6.21. The van der Waals surface area contributed by atoms with Gasteiger partial charge < -0.3 is 10.6 Å². The van der Waals surface area contributed by atoms with E-state index in [1.807, 2.05) is 45.0 Å². The number of halogens is 1. The first-order valence-electron chi connectivity index (χ1n) is 8.38. The summed E-state index contributed by atoms with van der Waals surface area (Å²) in [4.78, 5) is 24.2. The summed E-state index contributed by atoms with van der Waals surface area (Å²) >= 11 is 3.42. The Morgan fingerprint density at radius 1 is 1.00 bits per heavy atom. The molecular formula is C20H23BrN2O2. The van der Waals surface area contributed by atoms with Gasteiger partial charge in [-0.05, 0) is 48.4 Å². The van der Waals surface area contributed by atoms with Gasteiger partial charge >= 0.3 is 0 Å². The Kier molecular flexibility index (Phi) is 6.76. The topological polar surface area (TPSA) is 58.2 Å². The van der Waals surface area contributed by atoms with Crippen molar-refractivity contribution in [3.63, 3.8) is 0 Å². The summed E-state index contributed by atoms with van der Waals surface area (Å²) in [5, 5.41) is 5.87. The number of nitrogens with one attached hydrogen (secondary N) is 2. The highest BCUT2D eigenvalue weighted by Gasteiger charge is 2.14. The SMILES string of the molecule is CCC(NC(=O)c1ccc(NC(=O)C(C)C)cc1)c1ccc(Br)cc1. The van der Waals surface area contributed by atoms with Crippen molar-refractivity contribution in [1.82, 2.24) is 5.32 Å². The summed E-state index contributed by atoms with van der Waals surface area (Å²) in [6, 6.07) is 14.8. The maximum absolute atomic E-state index is 12.5. The monoisotopic (exact) mass is 402 g/mol. The maximum atomic E-state index is 12.5. The fourth-order valence-corrected chi connectivity index (χ4v) is 2.61. The Bertz CT molecular complexity index is 724. The van der Waals surface area contributed by atoms with E-state index in [1.165, 1.54) is 0 Å². The Hall–Kier alpha value is -2.14. The van der Waals surface area contributed by atoms with E-state index in [1.54, 1.807) is 24.3 Å². The summed E-state index contributed by atoms with van der Waals surface area (Å²) in [5.74, 6) is -0.255. The first-order chi connectivity index (χ1) is 11.9. The molecule has 25 heavy (non-hydrogen) atoms. The van der Waals surface area contributed by atoms with E-state index in [4.69, 9.17) is 0 Å². The highest BCUT2D eigenvalue weighted by molar-refractivity contribution is 9.10. The van der Waals surface area contributed by atoms with Gasteiger partial charge in [0.15, 0.2) is 0 Å². The van der Waals surface area contributed by atoms with E-state index in [0.29, 0.717) is 11.3 Å². The summed E-state index contributed by atoms with van der Waals surface area (Å²) in [7, 11) is 0. The molecule has 132 valence electrons. The number of carbonyl (C=O) groups is 2. The van der Waals surface area contributed by atoms with Crippen molar-refractivity contribution in [2.24, 2.45) is 5.92 Å². The van der Waals surface area contributed by atoms with Gasteiger partial charge in [0, 0.05) is 21.6 Å². The molecule has 0 saturated heterocycles. The predicted octanol–water partition coefficient (Wildman–Crippen LogP) is 4.92. The molecule has 0 saturated carbocycles. The molecule has 0 heterocycles. The zero-order valence-electron chi connectivity index (χ0n) is 14.7. The minimum absolute atomic E-state index is 0.0408. The van der Waals surface area contributed by atoms with Crippen LogP contribution in [0.4, 0.5) is 5.69 Å². The molecule has 0 aromatic heterocycles. The summed E-state index contributed by atoms with van der Waals surface area (Å²) in [6.07, 6.45) is 0.801. The van der Waals surface area contributed by atoms with Crippen molar-refractivity contribution < 1.29 is 9.59 Å². The predicted molar refractivity (Wildman–Crippen MR) is 105 cm³/mol. The van der Waals surface area contributed by atoms with Crippen LogP contribution in [0.1, 0.15) is 49.2 Å². The van der Waals surface area contributed by atoms with Crippen molar-refractivity contribution in [2.75, 3.05) is 5.32 Å². The highest BCUT2D eigenvalue weighted by atomic mass is 79.9. The maximum Gasteiger partial charge on any atom is 0.251 e. The van der Waals surface area contributed by atoms with Gasteiger partial charge in [-0.1, -0.05) is 48.8 Å². The van der Waals surface area contributed by atoms with Gasteiger partial charge in [0.1, 0.15) is 0 Å². The molecule has 2 N–H and O–H groups in total. The minimum Gasteiger partial charge on any atom is -0.345 e. The third-order valence-electron chi connectivity index (χ3n) is 3.92. The number of rotatable bonds is 6. The number of carbonyl (C=O) groups excluding carboxylic acids is 2. The summed E-state index contributed by atoms with van der Waals surface area (Å²) in [6.45, 7) is 5.71. The number of hydrogen-bond donors (Lipinski definition) is 2. The number of hydrogen-bond acceptors (Lipinski definition) is 2. The quantitative estimate of drug-likeness (QED) is 0.719. The lowest BCUT2D eigenvalue weighted by Crippen LogP contribution is -2.28. The number of amides is 2. The molecule has 2 amide bonds. The van der Waals surface area contributed by atoms with Crippen molar-refractivity contribution in [1.29, 1.82) is 0 Å². The molecule has 0 radical (unpaired) electrons. The average molecular weight is 403 g/mol. The lowest BCUT2D eigenvalue weighted by atomic mass is 10.0. The lowest BCUT2D eigenvalue weighted by Gasteiger charge is -2.18. The average Bonchev–Trinajstić information content (AvgIpc) is 2.60. The van der Waals surface area contributed by atoms with E-state index in [-0.39, 0.29) is 23.8 Å². The number of benzene rings is 2. The second-order valence-corrected chi connectivity index (χ2v) is 7.12. The first kappa shape index (κ1) is 19.2. The van der Waals surface area contributed by atoms with Gasteiger partial charge in [0.2, 0.25) is 5.91 Å². The lowest BCUT2D eigenvalue weighted by molar-refractivity contribution is -0.118. The summed E-state index contributed by atoms with van der Waals surface area (Å²) in [5.41, 5.74) is 2.33. The van der Waals surface area contributed by atoms with Gasteiger partial charge in [0.05, 0.1) is 6.04 Å². The normalized spacial score (nSPS) is 11.9. The second kappa shape index (κ2) is 8.81. The molecule has 0 aliphatic carbocycles. The standard InChI is InChI=1S/C20H23BrN2O2/c1-4-18(14-5-9-16(21)10-6-14)23-20(25)15-7-11-17(12-8-15)22-19(24)13(2)3/h5-13,18H,4H2,1-3H3,(H,22,24)(H,23,25). The molecule has 0 aliphatic rings. The van der Waals surface area contributed by atoms with E-state index < -0.39 is 0 Å². The molecule has 0 fully saturated rings. The zero-order chi connectivity index (χ0) is 18.4. The van der Waals surface area contributed by atoms with Crippen LogP contribution in [-0.2, 0) is 4.79 Å². The molecule has 5 heteroatoms. The molecular weight excluding hydrogens is 380 g/mol. The van der Waals surface area contributed by atoms with E-state index in [2.05, 4.69) is 26.6 Å². The fourth-order valence-electron chi connectivity index (χ4n) is 2.35. The molecule has 0 spiro atoms. The van der Waals surface area contributed by atoms with Crippen LogP contribution in [0.5, 0.6) is 0 Å². The van der Waals surface area contributed by atoms with Gasteiger partial charge in [-0.3, -0.25) is 9.59 Å². The smallest absolute Gasteiger partial charge is 0.251 e. The van der Waals surface area contributed by atoms with Gasteiger partial charge in [-0.15, -0.1) is 0 Å². The van der Waals surface area contributed by atoms with Crippen LogP contribution >= 0.6 is 15.9 Å². The largest absolute Gasteiger partial charge is 0.345 e. The first-order valence-corrected chi connectivity index (χ1v) is 9.17. The van der Waals surface area contributed by atoms with Crippen molar-refractivity contribution in [3.05, 3.63) is 64.1 Å². The third kappa shape index (κ3) is 5.43. The Morgan fingerprint density at radius 2 is 1.60 bits per heavy atom. The van der Waals surface area contributed by atoms with Gasteiger partial charge in [0.25, 0.3) is 5.91 Å². The molecule has 2 aromatic rings. The van der Waals surface area contributed by atoms with Gasteiger partial charge in [-0.25, -0.2) is 0 Å². The van der Waals surface area contributed by atoms with E-state index >= 15 is 0 Å². The van der Waals surface area contributed by atoms with E-state index in [0.717, 1.165) is 16.5 Å². The molecule has 0 aliphatic heterocycles. The van der Waals surface area contributed by atoms with Crippen LogP contribution in [0.2, 0.25) is 0 Å². The minimum atomic E-state index is -0.128. The van der Waals surface area contributed by atoms with Gasteiger partial charge in [-0.2, -0.15) is 0 Å². The van der Waals surface area contributed by atoms with E-state index in [9.17, 15) is 9.59 Å². The molecule has 0 bridgehead atoms. The zero-order valence-corrected chi connectivity index (χ0v) is 16.3. The van der Waals surface area contributed by atoms with Crippen molar-refractivity contribution >= 4 is 33.4 Å². The Labute approximate surface area is 157 Å². The molecule has 2 rings (SSSR count). The van der Waals surface area contributed by atoms with Crippen LogP contribution < -0.4 is 10.6 Å². The molecule has 1 atom stereocenters. The fraction of sp³-hybridized carbons (Fsp3) is 0.300. The molecule has 1 unspecified atom stereocenters.